The fourth-order valence-electron chi connectivity index (χ4n) is 2.14. The summed E-state index contributed by atoms with van der Waals surface area (Å²) < 4.78 is 24.6. The lowest BCUT2D eigenvalue weighted by Crippen LogP contribution is -2.10. The fraction of sp³-hybridized carbons (Fsp3) is 0.0714. The first-order chi connectivity index (χ1) is 9.53. The number of aromatic nitrogens is 2. The van der Waals surface area contributed by atoms with Crippen LogP contribution in [0.4, 0.5) is 5.82 Å². The Morgan fingerprint density at radius 2 is 2.00 bits per heavy atom. The third-order valence-electron chi connectivity index (χ3n) is 2.96. The summed E-state index contributed by atoms with van der Waals surface area (Å²) >= 11 is 0. The quantitative estimate of drug-likeness (QED) is 0.777. The van der Waals surface area contributed by atoms with E-state index in [0.29, 0.717) is 5.82 Å². The van der Waals surface area contributed by atoms with Gasteiger partial charge in [-0.1, -0.05) is 12.1 Å². The molecule has 0 unspecified atom stereocenters. The number of aromatic amines is 1. The van der Waals surface area contributed by atoms with Gasteiger partial charge in [-0.3, -0.25) is 4.72 Å². The molecular formula is C14H13N3O2S. The predicted octanol–water partition coefficient (Wildman–Crippen LogP) is 2.60. The van der Waals surface area contributed by atoms with Crippen LogP contribution >= 0.6 is 0 Å². The molecule has 0 amide bonds. The van der Waals surface area contributed by atoms with Gasteiger partial charge in [0.25, 0.3) is 0 Å². The van der Waals surface area contributed by atoms with Crippen LogP contribution in [0, 0.1) is 0 Å². The maximum absolute atomic E-state index is 11.1. The Bertz CT molecular complexity index is 852. The molecule has 2 aromatic heterocycles. The molecule has 0 radical (unpaired) electrons. The zero-order chi connectivity index (χ0) is 14.2. The van der Waals surface area contributed by atoms with Crippen LogP contribution in [0.1, 0.15) is 0 Å². The fourth-order valence-corrected chi connectivity index (χ4v) is 2.64. The van der Waals surface area contributed by atoms with Crippen LogP contribution in [0.25, 0.3) is 22.0 Å². The lowest BCUT2D eigenvalue weighted by atomic mass is 10.0. The van der Waals surface area contributed by atoms with E-state index >= 15 is 0 Å². The largest absolute Gasteiger partial charge is 0.361 e. The van der Waals surface area contributed by atoms with Crippen LogP contribution in [0.15, 0.2) is 48.8 Å². The number of sulfonamides is 1. The van der Waals surface area contributed by atoms with Gasteiger partial charge < -0.3 is 4.98 Å². The Morgan fingerprint density at radius 1 is 1.15 bits per heavy atom. The molecule has 0 spiro atoms. The number of nitrogens with one attached hydrogen (secondary N) is 2. The SMILES string of the molecule is CS(=O)(=O)Nc1ccc(-c2cccc3[nH]ccc23)cn1. The highest BCUT2D eigenvalue weighted by molar-refractivity contribution is 7.92. The van der Waals surface area contributed by atoms with Gasteiger partial charge in [-0.25, -0.2) is 13.4 Å². The van der Waals surface area contributed by atoms with E-state index in [0.717, 1.165) is 28.3 Å². The van der Waals surface area contributed by atoms with Gasteiger partial charge in [0.05, 0.1) is 6.26 Å². The van der Waals surface area contributed by atoms with Gasteiger partial charge in [-0.05, 0) is 29.8 Å². The van der Waals surface area contributed by atoms with E-state index in [4.69, 9.17) is 0 Å². The minimum atomic E-state index is -3.30. The van der Waals surface area contributed by atoms with Crippen LogP contribution in [-0.2, 0) is 10.0 Å². The summed E-state index contributed by atoms with van der Waals surface area (Å²) in [6.07, 6.45) is 4.65. The van der Waals surface area contributed by atoms with E-state index in [1.165, 1.54) is 0 Å². The highest BCUT2D eigenvalue weighted by Gasteiger charge is 2.06. The highest BCUT2D eigenvalue weighted by atomic mass is 32.2. The zero-order valence-corrected chi connectivity index (χ0v) is 11.6. The first-order valence-corrected chi connectivity index (χ1v) is 7.92. The Morgan fingerprint density at radius 3 is 2.70 bits per heavy atom. The van der Waals surface area contributed by atoms with E-state index in [2.05, 4.69) is 14.7 Å². The van der Waals surface area contributed by atoms with Gasteiger partial charge in [0.2, 0.25) is 10.0 Å². The zero-order valence-electron chi connectivity index (χ0n) is 10.8. The lowest BCUT2D eigenvalue weighted by Gasteiger charge is -2.06. The molecule has 0 aliphatic rings. The molecule has 20 heavy (non-hydrogen) atoms. The first-order valence-electron chi connectivity index (χ1n) is 6.03. The molecule has 2 heterocycles. The van der Waals surface area contributed by atoms with Crippen LogP contribution in [0.5, 0.6) is 0 Å². The maximum Gasteiger partial charge on any atom is 0.230 e. The third-order valence-corrected chi connectivity index (χ3v) is 3.54. The summed E-state index contributed by atoms with van der Waals surface area (Å²) in [5, 5.41) is 1.11. The molecule has 6 heteroatoms. The topological polar surface area (TPSA) is 74.8 Å². The third kappa shape index (κ3) is 2.50. The molecule has 3 rings (SSSR count). The van der Waals surface area contributed by atoms with Crippen molar-refractivity contribution < 1.29 is 8.42 Å². The average Bonchev–Trinajstić information content (AvgIpc) is 2.86. The first kappa shape index (κ1) is 12.7. The van der Waals surface area contributed by atoms with Crippen molar-refractivity contribution in [3.05, 3.63) is 48.8 Å². The molecule has 0 atom stereocenters. The van der Waals surface area contributed by atoms with Crippen molar-refractivity contribution in [3.63, 3.8) is 0 Å². The normalized spacial score (nSPS) is 11.7. The highest BCUT2D eigenvalue weighted by Crippen LogP contribution is 2.28. The molecule has 0 aliphatic heterocycles. The summed E-state index contributed by atoms with van der Waals surface area (Å²) in [7, 11) is -3.30. The minimum Gasteiger partial charge on any atom is -0.361 e. The summed E-state index contributed by atoms with van der Waals surface area (Å²) in [5.74, 6) is 0.317. The summed E-state index contributed by atoms with van der Waals surface area (Å²) in [6, 6.07) is 11.5. The summed E-state index contributed by atoms with van der Waals surface area (Å²) in [6.45, 7) is 0. The van der Waals surface area contributed by atoms with Crippen molar-refractivity contribution in [2.45, 2.75) is 0 Å². The van der Waals surface area contributed by atoms with Crippen LogP contribution in [0.3, 0.4) is 0 Å². The number of hydrogen-bond acceptors (Lipinski definition) is 3. The van der Waals surface area contributed by atoms with Crippen LogP contribution in [-0.4, -0.2) is 24.6 Å². The number of H-pyrrole nitrogens is 1. The Kier molecular flexibility index (Phi) is 2.94. The number of rotatable bonds is 3. The van der Waals surface area contributed by atoms with Crippen LogP contribution in [0.2, 0.25) is 0 Å². The smallest absolute Gasteiger partial charge is 0.230 e. The van der Waals surface area contributed by atoms with Gasteiger partial charge in [0, 0.05) is 28.9 Å². The second-order valence-electron chi connectivity index (χ2n) is 4.55. The van der Waals surface area contributed by atoms with E-state index in [9.17, 15) is 8.42 Å². The average molecular weight is 287 g/mol. The van der Waals surface area contributed by atoms with Gasteiger partial charge in [0.15, 0.2) is 0 Å². The molecule has 0 bridgehead atoms. The Labute approximate surface area is 116 Å². The molecule has 5 nitrogen and oxygen atoms in total. The van der Waals surface area contributed by atoms with Crippen molar-refractivity contribution in [1.82, 2.24) is 9.97 Å². The standard InChI is InChI=1S/C14H13N3O2S/c1-20(18,19)17-14-6-5-10(9-16-14)11-3-2-4-13-12(11)7-8-15-13/h2-9,15H,1H3,(H,16,17). The van der Waals surface area contributed by atoms with Crippen molar-refractivity contribution in [2.75, 3.05) is 11.0 Å². The van der Waals surface area contributed by atoms with Crippen molar-refractivity contribution in [3.8, 4) is 11.1 Å². The molecule has 1 aromatic carbocycles. The molecule has 0 aliphatic carbocycles. The number of benzene rings is 1. The Hall–Kier alpha value is -2.34. The predicted molar refractivity (Wildman–Crippen MR) is 80.0 cm³/mol. The summed E-state index contributed by atoms with van der Waals surface area (Å²) in [5.41, 5.74) is 3.05. The summed E-state index contributed by atoms with van der Waals surface area (Å²) in [4.78, 5) is 7.29. The second kappa shape index (κ2) is 4.64. The van der Waals surface area contributed by atoms with Crippen molar-refractivity contribution >= 4 is 26.7 Å². The van der Waals surface area contributed by atoms with Crippen LogP contribution < -0.4 is 4.72 Å². The molecule has 0 fully saturated rings. The number of fused-ring (bicyclic) bond motifs is 1. The maximum atomic E-state index is 11.1. The second-order valence-corrected chi connectivity index (χ2v) is 6.30. The number of nitrogens with zero attached hydrogens (tertiary/aromatic N) is 1. The van der Waals surface area contributed by atoms with E-state index in [-0.39, 0.29) is 0 Å². The molecule has 102 valence electrons. The van der Waals surface area contributed by atoms with Gasteiger partial charge in [0.1, 0.15) is 5.82 Å². The number of pyridine rings is 1. The van der Waals surface area contributed by atoms with Crippen molar-refractivity contribution in [2.24, 2.45) is 0 Å². The molecule has 0 saturated heterocycles. The van der Waals surface area contributed by atoms with E-state index in [1.54, 1.807) is 12.3 Å². The van der Waals surface area contributed by atoms with Gasteiger partial charge >= 0.3 is 0 Å². The van der Waals surface area contributed by atoms with E-state index < -0.39 is 10.0 Å². The van der Waals surface area contributed by atoms with Gasteiger partial charge in [-0.15, -0.1) is 0 Å². The van der Waals surface area contributed by atoms with E-state index in [1.807, 2.05) is 36.5 Å². The lowest BCUT2D eigenvalue weighted by molar-refractivity contribution is 0.606. The van der Waals surface area contributed by atoms with Crippen molar-refractivity contribution in [1.29, 1.82) is 0 Å². The molecule has 3 aromatic rings. The number of anilines is 1. The molecule has 0 saturated carbocycles. The van der Waals surface area contributed by atoms with Gasteiger partial charge in [-0.2, -0.15) is 0 Å². The monoisotopic (exact) mass is 287 g/mol. The number of hydrogen-bond donors (Lipinski definition) is 2. The molecular weight excluding hydrogens is 274 g/mol. The molecule has 2 N–H and O–H groups in total. The Balaban J connectivity index is 2.01. The minimum absolute atomic E-state index is 0.317.